The summed E-state index contributed by atoms with van der Waals surface area (Å²) in [5, 5.41) is 10.3. The molecule has 2 heterocycles. The molecule has 1 saturated carbocycles. The van der Waals surface area contributed by atoms with E-state index in [2.05, 4.69) is 25.7 Å². The number of carbonyl (C=O) groups excluding carboxylic acids is 2. The van der Waals surface area contributed by atoms with Crippen LogP contribution in [0.1, 0.15) is 58.8 Å². The molecule has 9 heteroatoms. The second kappa shape index (κ2) is 8.16. The minimum absolute atomic E-state index is 0.00467. The quantitative estimate of drug-likeness (QED) is 0.683. The molecule has 3 aromatic rings. The maximum atomic E-state index is 12.7. The van der Waals surface area contributed by atoms with Gasteiger partial charge in [-0.2, -0.15) is 4.98 Å². The minimum Gasteiger partial charge on any atom is -0.349 e. The molecule has 0 atom stereocenters. The number of nitrogens with zero attached hydrogens (tertiary/aromatic N) is 4. The Morgan fingerprint density at radius 3 is 2.69 bits per heavy atom. The molecule has 150 valence electrons. The molecule has 1 aliphatic rings. The number of hydrogen-bond acceptors (Lipinski definition) is 5. The summed E-state index contributed by atoms with van der Waals surface area (Å²) in [6, 6.07) is 6.74. The van der Waals surface area contributed by atoms with Crippen LogP contribution in [0.15, 0.2) is 30.5 Å². The van der Waals surface area contributed by atoms with Crippen LogP contribution in [0.2, 0.25) is 5.02 Å². The van der Waals surface area contributed by atoms with Crippen LogP contribution in [0, 0.1) is 6.92 Å². The topological polar surface area (TPSA) is 101 Å². The second-order valence-corrected chi connectivity index (χ2v) is 7.60. The number of aromatic nitrogens is 4. The van der Waals surface area contributed by atoms with Gasteiger partial charge in [0.1, 0.15) is 0 Å². The highest BCUT2D eigenvalue weighted by Crippen LogP contribution is 2.23. The molecule has 0 saturated heterocycles. The van der Waals surface area contributed by atoms with E-state index in [4.69, 9.17) is 11.6 Å². The highest BCUT2D eigenvalue weighted by atomic mass is 35.5. The SMILES string of the molecule is Cc1ccnc2nc(C(=O)Nc3ccc(Cl)c(C(=O)NC4CCCCC4)c3)nn12. The van der Waals surface area contributed by atoms with Gasteiger partial charge in [0.15, 0.2) is 0 Å². The number of carbonyl (C=O) groups is 2. The molecule has 1 fully saturated rings. The van der Waals surface area contributed by atoms with Crippen LogP contribution < -0.4 is 10.6 Å². The Morgan fingerprint density at radius 1 is 1.14 bits per heavy atom. The van der Waals surface area contributed by atoms with E-state index in [0.29, 0.717) is 22.1 Å². The average molecular weight is 413 g/mol. The van der Waals surface area contributed by atoms with Crippen LogP contribution in [0.3, 0.4) is 0 Å². The lowest BCUT2D eigenvalue weighted by molar-refractivity contribution is 0.0926. The largest absolute Gasteiger partial charge is 0.349 e. The molecule has 2 aromatic heterocycles. The zero-order valence-electron chi connectivity index (χ0n) is 16.0. The summed E-state index contributed by atoms with van der Waals surface area (Å²) in [6.45, 7) is 1.85. The van der Waals surface area contributed by atoms with E-state index in [1.54, 1.807) is 30.5 Å². The van der Waals surface area contributed by atoms with Gasteiger partial charge in [-0.05, 0) is 44.0 Å². The maximum Gasteiger partial charge on any atom is 0.295 e. The molecule has 2 N–H and O–H groups in total. The fourth-order valence-electron chi connectivity index (χ4n) is 3.48. The Labute approximate surface area is 172 Å². The predicted octanol–water partition coefficient (Wildman–Crippen LogP) is 3.40. The molecule has 0 spiro atoms. The van der Waals surface area contributed by atoms with Gasteiger partial charge in [0.2, 0.25) is 5.82 Å². The zero-order valence-corrected chi connectivity index (χ0v) is 16.7. The van der Waals surface area contributed by atoms with Crippen LogP contribution in [-0.4, -0.2) is 37.4 Å². The Balaban J connectivity index is 1.51. The summed E-state index contributed by atoms with van der Waals surface area (Å²) in [5.41, 5.74) is 1.59. The van der Waals surface area contributed by atoms with Crippen LogP contribution >= 0.6 is 11.6 Å². The number of benzene rings is 1. The van der Waals surface area contributed by atoms with E-state index >= 15 is 0 Å². The van der Waals surface area contributed by atoms with Crippen LogP contribution in [-0.2, 0) is 0 Å². The molecule has 1 aromatic carbocycles. The lowest BCUT2D eigenvalue weighted by atomic mass is 9.95. The van der Waals surface area contributed by atoms with E-state index in [1.807, 2.05) is 6.92 Å². The number of anilines is 1. The summed E-state index contributed by atoms with van der Waals surface area (Å²) in [4.78, 5) is 33.5. The molecule has 2 amide bonds. The maximum absolute atomic E-state index is 12.7. The first-order chi connectivity index (χ1) is 14.0. The molecule has 4 rings (SSSR count). The number of fused-ring (bicyclic) bond motifs is 1. The third kappa shape index (κ3) is 4.22. The first-order valence-corrected chi connectivity index (χ1v) is 9.99. The zero-order chi connectivity index (χ0) is 20.4. The summed E-state index contributed by atoms with van der Waals surface area (Å²) < 4.78 is 1.50. The second-order valence-electron chi connectivity index (χ2n) is 7.19. The first-order valence-electron chi connectivity index (χ1n) is 9.61. The van der Waals surface area contributed by atoms with E-state index < -0.39 is 5.91 Å². The number of rotatable bonds is 4. The highest BCUT2D eigenvalue weighted by Gasteiger charge is 2.20. The van der Waals surface area contributed by atoms with Gasteiger partial charge >= 0.3 is 0 Å². The van der Waals surface area contributed by atoms with Crippen molar-refractivity contribution in [3.63, 3.8) is 0 Å². The van der Waals surface area contributed by atoms with Crippen molar-refractivity contribution in [3.05, 3.63) is 52.6 Å². The number of aryl methyl sites for hydroxylation is 1. The third-order valence-electron chi connectivity index (χ3n) is 5.04. The Kier molecular flexibility index (Phi) is 5.44. The standard InChI is InChI=1S/C20H21ClN6O2/c1-12-9-10-22-20-25-17(26-27(12)20)19(29)24-14-7-8-16(21)15(11-14)18(28)23-13-5-3-2-4-6-13/h7-11,13H,2-6H2,1H3,(H,23,28)(H,24,29). The van der Waals surface area contributed by atoms with Crippen LogP contribution in [0.5, 0.6) is 0 Å². The van der Waals surface area contributed by atoms with Gasteiger partial charge < -0.3 is 10.6 Å². The molecular formula is C20H21ClN6O2. The van der Waals surface area contributed by atoms with Gasteiger partial charge in [-0.3, -0.25) is 9.59 Å². The molecule has 1 aliphatic carbocycles. The smallest absolute Gasteiger partial charge is 0.295 e. The third-order valence-corrected chi connectivity index (χ3v) is 5.37. The molecule has 0 radical (unpaired) electrons. The van der Waals surface area contributed by atoms with Crippen molar-refractivity contribution in [1.29, 1.82) is 0 Å². The molecule has 0 bridgehead atoms. The summed E-state index contributed by atoms with van der Waals surface area (Å²) >= 11 is 6.22. The van der Waals surface area contributed by atoms with Crippen LogP contribution in [0.25, 0.3) is 5.78 Å². The van der Waals surface area contributed by atoms with Crippen molar-refractivity contribution < 1.29 is 9.59 Å². The van der Waals surface area contributed by atoms with E-state index in [9.17, 15) is 9.59 Å². The summed E-state index contributed by atoms with van der Waals surface area (Å²) in [5.74, 6) is -0.381. The lowest BCUT2D eigenvalue weighted by Gasteiger charge is -2.23. The van der Waals surface area contributed by atoms with Gasteiger partial charge in [0.25, 0.3) is 17.6 Å². The fourth-order valence-corrected chi connectivity index (χ4v) is 3.68. The van der Waals surface area contributed by atoms with Crippen molar-refractivity contribution in [2.75, 3.05) is 5.32 Å². The van der Waals surface area contributed by atoms with Crippen molar-refractivity contribution >= 4 is 34.9 Å². The van der Waals surface area contributed by atoms with Gasteiger partial charge in [0.05, 0.1) is 10.6 Å². The average Bonchev–Trinajstić information content (AvgIpc) is 3.16. The number of nitrogens with one attached hydrogen (secondary N) is 2. The number of halogens is 1. The number of hydrogen-bond donors (Lipinski definition) is 2. The van der Waals surface area contributed by atoms with Gasteiger partial charge in [-0.25, -0.2) is 9.50 Å². The molecular weight excluding hydrogens is 392 g/mol. The Bertz CT molecular complexity index is 1070. The van der Waals surface area contributed by atoms with Gasteiger partial charge in [0, 0.05) is 23.6 Å². The lowest BCUT2D eigenvalue weighted by Crippen LogP contribution is -2.36. The van der Waals surface area contributed by atoms with E-state index in [0.717, 1.165) is 31.4 Å². The Morgan fingerprint density at radius 2 is 1.93 bits per heavy atom. The van der Waals surface area contributed by atoms with Crippen molar-refractivity contribution in [1.82, 2.24) is 24.9 Å². The molecule has 0 unspecified atom stereocenters. The Hall–Kier alpha value is -3.00. The van der Waals surface area contributed by atoms with Crippen molar-refractivity contribution in [2.24, 2.45) is 0 Å². The number of amides is 2. The normalized spacial score (nSPS) is 14.7. The summed E-state index contributed by atoms with van der Waals surface area (Å²) in [7, 11) is 0. The van der Waals surface area contributed by atoms with E-state index in [1.165, 1.54) is 10.9 Å². The molecule has 0 aliphatic heterocycles. The summed E-state index contributed by atoms with van der Waals surface area (Å²) in [6.07, 6.45) is 7.02. The molecule has 29 heavy (non-hydrogen) atoms. The van der Waals surface area contributed by atoms with Crippen LogP contribution in [0.4, 0.5) is 5.69 Å². The van der Waals surface area contributed by atoms with E-state index in [-0.39, 0.29) is 17.8 Å². The van der Waals surface area contributed by atoms with Gasteiger partial charge in [-0.1, -0.05) is 30.9 Å². The van der Waals surface area contributed by atoms with Crippen molar-refractivity contribution in [3.8, 4) is 0 Å². The minimum atomic E-state index is -0.490. The molecule has 8 nitrogen and oxygen atoms in total. The van der Waals surface area contributed by atoms with Gasteiger partial charge in [-0.15, -0.1) is 5.10 Å². The highest BCUT2D eigenvalue weighted by molar-refractivity contribution is 6.34. The fraction of sp³-hybridized carbons (Fsp3) is 0.350. The van der Waals surface area contributed by atoms with Crippen molar-refractivity contribution in [2.45, 2.75) is 45.1 Å². The first kappa shape index (κ1) is 19.3. The monoisotopic (exact) mass is 412 g/mol. The predicted molar refractivity (Wildman–Crippen MR) is 109 cm³/mol.